The lowest BCUT2D eigenvalue weighted by Crippen LogP contribution is -2.24. The molecule has 0 bridgehead atoms. The Kier molecular flexibility index (Phi) is 10.6. The molecule has 0 fully saturated rings. The lowest BCUT2D eigenvalue weighted by atomic mass is 10.2. The van der Waals surface area contributed by atoms with Crippen molar-refractivity contribution in [3.8, 4) is 11.5 Å². The maximum Gasteiger partial charge on any atom is 0.573 e. The predicted molar refractivity (Wildman–Crippen MR) is 116 cm³/mol. The van der Waals surface area contributed by atoms with Crippen LogP contribution in [0.2, 0.25) is 0 Å². The molecule has 160 valence electrons. The summed E-state index contributed by atoms with van der Waals surface area (Å²) in [6, 6.07) is 12.9. The van der Waals surface area contributed by atoms with E-state index in [1.165, 1.54) is 18.2 Å². The van der Waals surface area contributed by atoms with Crippen molar-refractivity contribution in [3.05, 3.63) is 54.1 Å². The van der Waals surface area contributed by atoms with Crippen LogP contribution in [0.5, 0.6) is 11.5 Å². The fourth-order valence-electron chi connectivity index (χ4n) is 2.26. The number of hydrogen-bond donors (Lipinski definition) is 2. The third-order valence-corrected chi connectivity index (χ3v) is 3.47. The molecular weight excluding hydrogens is 502 g/mol. The minimum absolute atomic E-state index is 0. The Morgan fingerprint density at radius 2 is 1.86 bits per heavy atom. The summed E-state index contributed by atoms with van der Waals surface area (Å²) >= 11 is 0. The van der Waals surface area contributed by atoms with Gasteiger partial charge in [0, 0.05) is 20.1 Å². The number of nitrogens with two attached hydrogens (primary N) is 1. The molecule has 0 spiro atoms. The Balaban J connectivity index is 0.00000420. The highest BCUT2D eigenvalue weighted by molar-refractivity contribution is 14.0. The zero-order chi connectivity index (χ0) is 20.4. The Morgan fingerprint density at radius 3 is 2.59 bits per heavy atom. The van der Waals surface area contributed by atoms with Gasteiger partial charge in [-0.15, -0.1) is 37.1 Å². The second-order valence-electron chi connectivity index (χ2n) is 5.71. The molecule has 2 aromatic carbocycles. The van der Waals surface area contributed by atoms with Gasteiger partial charge in [0.05, 0.1) is 18.8 Å². The summed E-state index contributed by atoms with van der Waals surface area (Å²) in [5.74, 6) is 0.267. The summed E-state index contributed by atoms with van der Waals surface area (Å²) in [6.07, 6.45) is -4.03. The fraction of sp³-hybridized carbons (Fsp3) is 0.316. The Bertz CT molecular complexity index is 789. The summed E-state index contributed by atoms with van der Waals surface area (Å²) < 4.78 is 51.9. The number of anilines is 1. The second-order valence-corrected chi connectivity index (χ2v) is 5.71. The zero-order valence-electron chi connectivity index (χ0n) is 15.7. The van der Waals surface area contributed by atoms with Gasteiger partial charge >= 0.3 is 6.36 Å². The molecule has 0 saturated carbocycles. The van der Waals surface area contributed by atoms with Crippen molar-refractivity contribution in [3.63, 3.8) is 0 Å². The van der Waals surface area contributed by atoms with Gasteiger partial charge in [-0.1, -0.05) is 24.3 Å². The van der Waals surface area contributed by atoms with Gasteiger partial charge in [-0.05, 0) is 29.8 Å². The third-order valence-electron chi connectivity index (χ3n) is 3.47. The second kappa shape index (κ2) is 12.4. The van der Waals surface area contributed by atoms with Crippen molar-refractivity contribution < 1.29 is 27.4 Å². The lowest BCUT2D eigenvalue weighted by molar-refractivity contribution is -0.274. The van der Waals surface area contributed by atoms with E-state index in [4.69, 9.17) is 15.2 Å². The van der Waals surface area contributed by atoms with Gasteiger partial charge in [-0.2, -0.15) is 0 Å². The molecule has 3 N–H and O–H groups in total. The topological polar surface area (TPSA) is 78.1 Å². The van der Waals surface area contributed by atoms with Crippen molar-refractivity contribution in [1.82, 2.24) is 0 Å². The molecule has 0 saturated heterocycles. The Labute approximate surface area is 184 Å². The number of alkyl halides is 3. The van der Waals surface area contributed by atoms with Crippen molar-refractivity contribution in [2.75, 3.05) is 25.6 Å². The molecule has 2 rings (SSSR count). The number of para-hydroxylation sites is 2. The largest absolute Gasteiger partial charge is 0.573 e. The van der Waals surface area contributed by atoms with Crippen LogP contribution in [-0.2, 0) is 11.3 Å². The molecule has 0 atom stereocenters. The van der Waals surface area contributed by atoms with Crippen LogP contribution in [0, 0.1) is 0 Å². The highest BCUT2D eigenvalue weighted by Gasteiger charge is 2.32. The molecular formula is C19H23F3IN3O3. The van der Waals surface area contributed by atoms with Gasteiger partial charge in [0.2, 0.25) is 0 Å². The van der Waals surface area contributed by atoms with Crippen LogP contribution in [-0.4, -0.2) is 32.6 Å². The van der Waals surface area contributed by atoms with Crippen molar-refractivity contribution in [2.45, 2.75) is 19.3 Å². The maximum atomic E-state index is 12.5. The maximum absolute atomic E-state index is 12.5. The van der Waals surface area contributed by atoms with Gasteiger partial charge in [0.1, 0.15) is 5.75 Å². The number of aliphatic imine (C=N–C) groups is 1. The van der Waals surface area contributed by atoms with Crippen molar-refractivity contribution in [1.29, 1.82) is 0 Å². The molecule has 0 aliphatic rings. The van der Waals surface area contributed by atoms with Crippen LogP contribution in [0.3, 0.4) is 0 Å². The Morgan fingerprint density at radius 1 is 1.10 bits per heavy atom. The van der Waals surface area contributed by atoms with Crippen LogP contribution >= 0.6 is 24.0 Å². The quantitative estimate of drug-likeness (QED) is 0.218. The minimum atomic E-state index is -4.80. The van der Waals surface area contributed by atoms with E-state index >= 15 is 0 Å². The molecule has 10 heteroatoms. The van der Waals surface area contributed by atoms with E-state index in [2.05, 4.69) is 15.0 Å². The summed E-state index contributed by atoms with van der Waals surface area (Å²) in [4.78, 5) is 4.15. The van der Waals surface area contributed by atoms with Crippen molar-refractivity contribution in [2.24, 2.45) is 10.7 Å². The van der Waals surface area contributed by atoms with Crippen LogP contribution in [0.1, 0.15) is 12.0 Å². The average Bonchev–Trinajstić information content (AvgIpc) is 2.64. The smallest absolute Gasteiger partial charge is 0.493 e. The number of nitrogens with zero attached hydrogens (tertiary/aromatic N) is 1. The van der Waals surface area contributed by atoms with Gasteiger partial charge in [0.25, 0.3) is 0 Å². The fourth-order valence-corrected chi connectivity index (χ4v) is 2.26. The first-order chi connectivity index (χ1) is 13.4. The number of rotatable bonds is 9. The summed E-state index contributed by atoms with van der Waals surface area (Å²) in [6.45, 7) is 1.38. The van der Waals surface area contributed by atoms with Crippen LogP contribution < -0.4 is 20.5 Å². The first kappa shape index (κ1) is 24.8. The highest BCUT2D eigenvalue weighted by Crippen LogP contribution is 2.29. The molecule has 0 unspecified atom stereocenters. The number of nitrogens with one attached hydrogen (secondary N) is 1. The van der Waals surface area contributed by atoms with Gasteiger partial charge in [-0.3, -0.25) is 0 Å². The molecule has 0 amide bonds. The molecule has 0 radical (unpaired) electrons. The minimum Gasteiger partial charge on any atom is -0.493 e. The standard InChI is InChI=1S/C19H22F3N3O3.HI/c1-26-10-5-11-27-15-7-4-6-14(12-15)13-24-18(23)25-16-8-2-3-9-17(16)28-19(20,21)22;/h2-4,6-9,12H,5,10-11,13H2,1H3,(H3,23,24,25);1H. The van der Waals surface area contributed by atoms with Crippen LogP contribution in [0.25, 0.3) is 0 Å². The molecule has 0 aromatic heterocycles. The number of halogens is 4. The highest BCUT2D eigenvalue weighted by atomic mass is 127. The number of hydrogen-bond acceptors (Lipinski definition) is 4. The van der Waals surface area contributed by atoms with Crippen LogP contribution in [0.15, 0.2) is 53.5 Å². The third kappa shape index (κ3) is 9.70. The number of methoxy groups -OCH3 is 1. The molecule has 0 heterocycles. The van der Waals surface area contributed by atoms with Crippen molar-refractivity contribution >= 4 is 35.6 Å². The summed E-state index contributed by atoms with van der Waals surface area (Å²) in [5.41, 5.74) is 6.70. The molecule has 0 aliphatic carbocycles. The molecule has 6 nitrogen and oxygen atoms in total. The Hall–Kier alpha value is -2.21. The number of guanidine groups is 1. The van der Waals surface area contributed by atoms with E-state index in [9.17, 15) is 13.2 Å². The van der Waals surface area contributed by atoms with Gasteiger partial charge < -0.3 is 25.3 Å². The van der Waals surface area contributed by atoms with E-state index in [-0.39, 0.29) is 47.9 Å². The molecule has 29 heavy (non-hydrogen) atoms. The molecule has 2 aromatic rings. The van der Waals surface area contributed by atoms with Gasteiger partial charge in [-0.25, -0.2) is 4.99 Å². The van der Waals surface area contributed by atoms with E-state index in [0.29, 0.717) is 19.0 Å². The number of benzene rings is 2. The number of ether oxygens (including phenoxy) is 3. The average molecular weight is 525 g/mol. The first-order valence-corrected chi connectivity index (χ1v) is 8.50. The lowest BCUT2D eigenvalue weighted by Gasteiger charge is -2.14. The van der Waals surface area contributed by atoms with E-state index in [1.54, 1.807) is 13.2 Å². The van der Waals surface area contributed by atoms with Crippen LogP contribution in [0.4, 0.5) is 18.9 Å². The normalized spacial score (nSPS) is 11.5. The SMILES string of the molecule is COCCCOc1cccc(CN=C(N)Nc2ccccc2OC(F)(F)F)c1.I. The monoisotopic (exact) mass is 525 g/mol. The van der Waals surface area contributed by atoms with E-state index in [0.717, 1.165) is 12.0 Å². The molecule has 0 aliphatic heterocycles. The van der Waals surface area contributed by atoms with Gasteiger partial charge in [0.15, 0.2) is 11.7 Å². The zero-order valence-corrected chi connectivity index (χ0v) is 18.1. The summed E-state index contributed by atoms with van der Waals surface area (Å²) in [5, 5.41) is 2.62. The summed E-state index contributed by atoms with van der Waals surface area (Å²) in [7, 11) is 1.63. The van der Waals surface area contributed by atoms with E-state index < -0.39 is 6.36 Å². The van der Waals surface area contributed by atoms with E-state index in [1.807, 2.05) is 24.3 Å². The first-order valence-electron chi connectivity index (χ1n) is 8.50. The predicted octanol–water partition coefficient (Wildman–Crippen LogP) is 4.55.